The molecule has 9 nitrogen and oxygen atoms in total. The van der Waals surface area contributed by atoms with Crippen LogP contribution in [0.1, 0.15) is 53.2 Å². The number of aryl methyl sites for hydroxylation is 1. The zero-order valence-corrected chi connectivity index (χ0v) is 21.0. The van der Waals surface area contributed by atoms with Gasteiger partial charge in [-0.3, -0.25) is 13.9 Å². The Labute approximate surface area is 210 Å². The predicted molar refractivity (Wildman–Crippen MR) is 132 cm³/mol. The van der Waals surface area contributed by atoms with Crippen LogP contribution in [0.2, 0.25) is 0 Å². The molecule has 36 heavy (non-hydrogen) atoms. The monoisotopic (exact) mass is 511 g/mol. The van der Waals surface area contributed by atoms with Crippen molar-refractivity contribution >= 4 is 27.8 Å². The summed E-state index contributed by atoms with van der Waals surface area (Å²) in [6.45, 7) is 2.35. The number of ether oxygens (including phenoxy) is 1. The quantitative estimate of drug-likeness (QED) is 0.597. The van der Waals surface area contributed by atoms with Gasteiger partial charge in [-0.15, -0.1) is 0 Å². The molecule has 0 radical (unpaired) electrons. The fourth-order valence-corrected chi connectivity index (χ4v) is 6.04. The highest BCUT2D eigenvalue weighted by Gasteiger charge is 2.39. The van der Waals surface area contributed by atoms with Gasteiger partial charge in [0, 0.05) is 18.9 Å². The van der Waals surface area contributed by atoms with Gasteiger partial charge in [0.25, 0.3) is 10.0 Å². The van der Waals surface area contributed by atoms with Crippen molar-refractivity contribution in [3.8, 4) is 0 Å². The highest BCUT2D eigenvalue weighted by molar-refractivity contribution is 7.89. The average Bonchev–Trinajstić information content (AvgIpc) is 2.89. The van der Waals surface area contributed by atoms with Gasteiger partial charge in [-0.25, -0.2) is 13.2 Å². The van der Waals surface area contributed by atoms with Crippen LogP contribution in [0.4, 0.5) is 0 Å². The van der Waals surface area contributed by atoms with E-state index in [0.29, 0.717) is 12.1 Å². The number of nitrogens with one attached hydrogen (secondary N) is 1. The van der Waals surface area contributed by atoms with Gasteiger partial charge in [-0.1, -0.05) is 29.8 Å². The van der Waals surface area contributed by atoms with Crippen molar-refractivity contribution in [2.75, 3.05) is 13.7 Å². The third kappa shape index (κ3) is 5.13. The number of hydrogen-bond acceptors (Lipinski definition) is 6. The van der Waals surface area contributed by atoms with Crippen LogP contribution in [-0.4, -0.2) is 55.1 Å². The third-order valence-corrected chi connectivity index (χ3v) is 8.36. The lowest BCUT2D eigenvalue weighted by molar-refractivity contribution is -0.138. The summed E-state index contributed by atoms with van der Waals surface area (Å²) in [7, 11) is -2.73. The van der Waals surface area contributed by atoms with Crippen molar-refractivity contribution in [1.29, 1.82) is 0 Å². The van der Waals surface area contributed by atoms with E-state index in [9.17, 15) is 22.8 Å². The molecule has 2 atom stereocenters. The maximum Gasteiger partial charge on any atom is 0.337 e. The standard InChI is InChI=1S/C26H29N3O6S/c1-18-6-12-21(13-7-18)36(33,34)29-16-14-27-25(31)23(29)17-24(30)28-15-4-3-5-22(28)19-8-10-20(11-9-19)26(32)35-2/h6-14,16,22-23H,3-5,15,17H2,1-2H3,(H,27,31)/t22-,23-/m1/s1. The van der Waals surface area contributed by atoms with Gasteiger partial charge < -0.3 is 15.0 Å². The summed E-state index contributed by atoms with van der Waals surface area (Å²) >= 11 is 0. The summed E-state index contributed by atoms with van der Waals surface area (Å²) in [4.78, 5) is 39.8. The Morgan fingerprint density at radius 2 is 1.75 bits per heavy atom. The van der Waals surface area contributed by atoms with Crippen molar-refractivity contribution < 1.29 is 27.5 Å². The Kier molecular flexibility index (Phi) is 7.44. The number of esters is 1. The zero-order valence-electron chi connectivity index (χ0n) is 20.2. The molecule has 0 aliphatic carbocycles. The van der Waals surface area contributed by atoms with E-state index in [4.69, 9.17) is 4.74 Å². The molecule has 10 heteroatoms. The Hall–Kier alpha value is -3.66. The maximum atomic E-state index is 13.5. The van der Waals surface area contributed by atoms with Crippen molar-refractivity contribution in [1.82, 2.24) is 14.5 Å². The summed E-state index contributed by atoms with van der Waals surface area (Å²) in [6, 6.07) is 11.8. The maximum absolute atomic E-state index is 13.5. The van der Waals surface area contributed by atoms with E-state index in [1.807, 2.05) is 6.92 Å². The number of nitrogens with zero attached hydrogens (tertiary/aromatic N) is 2. The molecule has 2 aromatic rings. The number of amides is 2. The zero-order chi connectivity index (χ0) is 25.9. The van der Waals surface area contributed by atoms with Crippen molar-refractivity contribution in [2.24, 2.45) is 0 Å². The van der Waals surface area contributed by atoms with Crippen LogP contribution in [0.25, 0.3) is 0 Å². The second-order valence-electron chi connectivity index (χ2n) is 8.90. The second kappa shape index (κ2) is 10.5. The molecule has 2 aromatic carbocycles. The molecule has 0 spiro atoms. The molecule has 0 saturated carbocycles. The molecule has 2 aliphatic rings. The highest BCUT2D eigenvalue weighted by Crippen LogP contribution is 2.33. The summed E-state index contributed by atoms with van der Waals surface area (Å²) in [5, 5.41) is 2.53. The summed E-state index contributed by atoms with van der Waals surface area (Å²) in [6.07, 6.45) is 4.72. The van der Waals surface area contributed by atoms with Gasteiger partial charge in [0.2, 0.25) is 11.8 Å². The number of piperidine rings is 1. The molecule has 0 bridgehead atoms. The van der Waals surface area contributed by atoms with Crippen LogP contribution in [0.3, 0.4) is 0 Å². The molecular weight excluding hydrogens is 482 g/mol. The molecule has 0 unspecified atom stereocenters. The average molecular weight is 512 g/mol. The molecule has 1 fully saturated rings. The van der Waals surface area contributed by atoms with E-state index in [0.717, 1.165) is 34.7 Å². The van der Waals surface area contributed by atoms with Gasteiger partial charge >= 0.3 is 5.97 Å². The van der Waals surface area contributed by atoms with E-state index < -0.39 is 27.9 Å². The lowest BCUT2D eigenvalue weighted by atomic mass is 9.93. The largest absolute Gasteiger partial charge is 0.465 e. The fraction of sp³-hybridized carbons (Fsp3) is 0.346. The van der Waals surface area contributed by atoms with Gasteiger partial charge in [-0.2, -0.15) is 0 Å². The molecule has 4 rings (SSSR count). The first-order valence-corrected chi connectivity index (χ1v) is 13.2. The number of likely N-dealkylation sites (tertiary alicyclic amines) is 1. The molecule has 2 aliphatic heterocycles. The van der Waals surface area contributed by atoms with E-state index in [1.54, 1.807) is 41.3 Å². The number of sulfonamides is 1. The van der Waals surface area contributed by atoms with E-state index in [-0.39, 0.29) is 23.3 Å². The van der Waals surface area contributed by atoms with Crippen LogP contribution >= 0.6 is 0 Å². The van der Waals surface area contributed by atoms with Crippen LogP contribution in [-0.2, 0) is 24.3 Å². The third-order valence-electron chi connectivity index (χ3n) is 6.56. The molecule has 2 amide bonds. The predicted octanol–water partition coefficient (Wildman–Crippen LogP) is 2.89. The smallest absolute Gasteiger partial charge is 0.337 e. The van der Waals surface area contributed by atoms with Crippen LogP contribution in [0.15, 0.2) is 65.8 Å². The summed E-state index contributed by atoms with van der Waals surface area (Å²) in [5.74, 6) is -1.31. The summed E-state index contributed by atoms with van der Waals surface area (Å²) in [5.41, 5.74) is 2.19. The number of carbonyl (C=O) groups is 3. The van der Waals surface area contributed by atoms with Crippen LogP contribution in [0.5, 0.6) is 0 Å². The van der Waals surface area contributed by atoms with E-state index in [1.165, 1.54) is 31.6 Å². The Morgan fingerprint density at radius 1 is 1.06 bits per heavy atom. The molecular formula is C26H29N3O6S. The topological polar surface area (TPSA) is 113 Å². The molecule has 1 saturated heterocycles. The van der Waals surface area contributed by atoms with E-state index >= 15 is 0 Å². The first-order chi connectivity index (χ1) is 17.2. The molecule has 1 N–H and O–H groups in total. The molecule has 190 valence electrons. The minimum Gasteiger partial charge on any atom is -0.465 e. The van der Waals surface area contributed by atoms with Crippen molar-refractivity contribution in [3.63, 3.8) is 0 Å². The van der Waals surface area contributed by atoms with E-state index in [2.05, 4.69) is 5.32 Å². The van der Waals surface area contributed by atoms with Gasteiger partial charge in [0.05, 0.1) is 30.0 Å². The first-order valence-electron chi connectivity index (χ1n) is 11.8. The Balaban J connectivity index is 1.57. The van der Waals surface area contributed by atoms with Crippen molar-refractivity contribution in [3.05, 3.63) is 77.6 Å². The number of carbonyl (C=O) groups excluding carboxylic acids is 3. The SMILES string of the molecule is COC(=O)c1ccc([C@H]2CCCCN2C(=O)C[C@@H]2C(=O)NC=CN2S(=O)(=O)c2ccc(C)cc2)cc1. The Bertz CT molecular complexity index is 1270. The summed E-state index contributed by atoms with van der Waals surface area (Å²) < 4.78 is 32.4. The lowest BCUT2D eigenvalue weighted by Gasteiger charge is -2.38. The highest BCUT2D eigenvalue weighted by atomic mass is 32.2. The van der Waals surface area contributed by atoms with Crippen LogP contribution in [0, 0.1) is 6.92 Å². The van der Waals surface area contributed by atoms with Gasteiger partial charge in [0.15, 0.2) is 0 Å². The van der Waals surface area contributed by atoms with Gasteiger partial charge in [0.1, 0.15) is 6.04 Å². The van der Waals surface area contributed by atoms with Crippen LogP contribution < -0.4 is 5.32 Å². The minimum atomic E-state index is -4.05. The molecule has 0 aromatic heterocycles. The number of hydrogen-bond donors (Lipinski definition) is 1. The number of methoxy groups -OCH3 is 1. The lowest BCUT2D eigenvalue weighted by Crippen LogP contribution is -2.52. The first kappa shape index (κ1) is 25.4. The molecule has 2 heterocycles. The second-order valence-corrected chi connectivity index (χ2v) is 10.7. The number of rotatable bonds is 6. The normalized spacial score (nSPS) is 20.1. The fourth-order valence-electron chi connectivity index (χ4n) is 4.59. The van der Waals surface area contributed by atoms with Crippen molar-refractivity contribution in [2.45, 2.75) is 49.6 Å². The Morgan fingerprint density at radius 3 is 2.42 bits per heavy atom. The van der Waals surface area contributed by atoms with Gasteiger partial charge in [-0.05, 0) is 56.0 Å². The minimum absolute atomic E-state index is 0.0476. The number of benzene rings is 2.